The first-order chi connectivity index (χ1) is 10.1. The Labute approximate surface area is 125 Å². The predicted octanol–water partition coefficient (Wildman–Crippen LogP) is 3.40. The van der Waals surface area contributed by atoms with Gasteiger partial charge in [0.25, 0.3) is 10.0 Å². The van der Waals surface area contributed by atoms with Crippen molar-refractivity contribution in [1.29, 1.82) is 0 Å². The van der Waals surface area contributed by atoms with Gasteiger partial charge in [0.15, 0.2) is 0 Å². The predicted molar refractivity (Wildman–Crippen MR) is 77.8 cm³/mol. The second-order valence-corrected chi connectivity index (χ2v) is 6.37. The van der Waals surface area contributed by atoms with Crippen molar-refractivity contribution in [3.63, 3.8) is 0 Å². The van der Waals surface area contributed by atoms with Gasteiger partial charge < -0.3 is 5.73 Å². The van der Waals surface area contributed by atoms with Crippen LogP contribution in [-0.4, -0.2) is 8.42 Å². The van der Waals surface area contributed by atoms with Crippen LogP contribution in [0.4, 0.5) is 24.5 Å². The summed E-state index contributed by atoms with van der Waals surface area (Å²) < 4.78 is 64.0. The molecular weight excluding hydrogens is 317 g/mol. The van der Waals surface area contributed by atoms with Crippen molar-refractivity contribution in [3.8, 4) is 0 Å². The number of rotatable bonds is 3. The molecule has 4 nitrogen and oxygen atoms in total. The maximum absolute atomic E-state index is 12.5. The molecule has 0 radical (unpaired) electrons. The van der Waals surface area contributed by atoms with Gasteiger partial charge in [-0.3, -0.25) is 4.72 Å². The molecule has 0 heterocycles. The number of aryl methyl sites for hydroxylation is 1. The lowest BCUT2D eigenvalue weighted by molar-refractivity contribution is -0.137. The zero-order valence-electron chi connectivity index (χ0n) is 11.5. The average molecular weight is 330 g/mol. The fourth-order valence-electron chi connectivity index (χ4n) is 1.85. The van der Waals surface area contributed by atoms with E-state index in [1.54, 1.807) is 13.0 Å². The smallest absolute Gasteiger partial charge is 0.398 e. The van der Waals surface area contributed by atoms with Crippen LogP contribution in [0.25, 0.3) is 0 Å². The lowest BCUT2D eigenvalue weighted by atomic mass is 10.2. The van der Waals surface area contributed by atoms with Crippen molar-refractivity contribution in [1.82, 2.24) is 0 Å². The van der Waals surface area contributed by atoms with Crippen LogP contribution in [0.2, 0.25) is 0 Å². The van der Waals surface area contributed by atoms with Crippen molar-refractivity contribution in [2.75, 3.05) is 10.5 Å². The van der Waals surface area contributed by atoms with Gasteiger partial charge in [0.05, 0.1) is 11.3 Å². The first kappa shape index (κ1) is 16.2. The molecule has 3 N–H and O–H groups in total. The fourth-order valence-corrected chi connectivity index (χ4v) is 3.02. The average Bonchev–Trinajstić information content (AvgIpc) is 2.37. The molecule has 0 unspecified atom stereocenters. The second-order valence-electron chi connectivity index (χ2n) is 4.72. The highest BCUT2D eigenvalue weighted by Crippen LogP contribution is 2.30. The van der Waals surface area contributed by atoms with E-state index >= 15 is 0 Å². The quantitative estimate of drug-likeness (QED) is 0.847. The monoisotopic (exact) mass is 330 g/mol. The Balaban J connectivity index is 2.29. The minimum atomic E-state index is -4.47. The second kappa shape index (κ2) is 5.53. The molecule has 2 rings (SSSR count). The minimum absolute atomic E-state index is 0.0213. The van der Waals surface area contributed by atoms with Crippen LogP contribution in [0, 0.1) is 6.92 Å². The molecule has 0 bridgehead atoms. The van der Waals surface area contributed by atoms with E-state index in [1.165, 1.54) is 12.1 Å². The highest BCUT2D eigenvalue weighted by Gasteiger charge is 2.30. The lowest BCUT2D eigenvalue weighted by Gasteiger charge is -2.12. The highest BCUT2D eigenvalue weighted by molar-refractivity contribution is 7.92. The summed E-state index contributed by atoms with van der Waals surface area (Å²) in [6, 6.07) is 8.12. The van der Waals surface area contributed by atoms with E-state index in [9.17, 15) is 21.6 Å². The van der Waals surface area contributed by atoms with Gasteiger partial charge in [-0.05, 0) is 48.9 Å². The molecule has 0 amide bonds. The topological polar surface area (TPSA) is 72.2 Å². The standard InChI is InChI=1S/C14H13F3N2O2S/c1-9-2-7-13(12(18)8-9)22(20,21)19-11-5-3-10(4-6-11)14(15,16)17/h2-8,19H,18H2,1H3. The summed E-state index contributed by atoms with van der Waals surface area (Å²) in [6.45, 7) is 1.76. The molecule has 22 heavy (non-hydrogen) atoms. The normalized spacial score (nSPS) is 12.2. The first-order valence-electron chi connectivity index (χ1n) is 6.16. The molecule has 0 saturated carbocycles. The number of sulfonamides is 1. The number of anilines is 2. The van der Waals surface area contributed by atoms with Gasteiger partial charge in [0, 0.05) is 5.69 Å². The van der Waals surface area contributed by atoms with Crippen molar-refractivity contribution in [2.45, 2.75) is 18.0 Å². The summed E-state index contributed by atoms with van der Waals surface area (Å²) in [5.74, 6) is 0. The van der Waals surface area contributed by atoms with E-state index < -0.39 is 21.8 Å². The molecule has 2 aromatic carbocycles. The third-order valence-electron chi connectivity index (χ3n) is 2.92. The van der Waals surface area contributed by atoms with Crippen LogP contribution < -0.4 is 10.5 Å². The van der Waals surface area contributed by atoms with Gasteiger partial charge in [0.2, 0.25) is 0 Å². The van der Waals surface area contributed by atoms with Crippen molar-refractivity contribution < 1.29 is 21.6 Å². The molecule has 0 aromatic heterocycles. The van der Waals surface area contributed by atoms with Gasteiger partial charge in [0.1, 0.15) is 4.90 Å². The van der Waals surface area contributed by atoms with Gasteiger partial charge in [-0.15, -0.1) is 0 Å². The fraction of sp³-hybridized carbons (Fsp3) is 0.143. The summed E-state index contributed by atoms with van der Waals surface area (Å²) in [5.41, 5.74) is 5.71. The number of nitrogens with two attached hydrogens (primary N) is 1. The Hall–Kier alpha value is -2.22. The Morgan fingerprint density at radius 1 is 1.05 bits per heavy atom. The largest absolute Gasteiger partial charge is 0.416 e. The minimum Gasteiger partial charge on any atom is -0.398 e. The van der Waals surface area contributed by atoms with Gasteiger partial charge >= 0.3 is 6.18 Å². The Kier molecular flexibility index (Phi) is 4.06. The molecule has 0 spiro atoms. The summed E-state index contributed by atoms with van der Waals surface area (Å²) in [6.07, 6.45) is -4.47. The van der Waals surface area contributed by atoms with E-state index in [0.29, 0.717) is 0 Å². The van der Waals surface area contributed by atoms with Crippen LogP contribution in [0.5, 0.6) is 0 Å². The molecule has 0 atom stereocenters. The number of alkyl halides is 3. The number of nitrogen functional groups attached to an aromatic ring is 1. The van der Waals surface area contributed by atoms with E-state index in [0.717, 1.165) is 29.8 Å². The first-order valence-corrected chi connectivity index (χ1v) is 7.64. The van der Waals surface area contributed by atoms with Crippen molar-refractivity contribution >= 4 is 21.4 Å². The third kappa shape index (κ3) is 3.51. The molecule has 0 aliphatic carbocycles. The highest BCUT2D eigenvalue weighted by atomic mass is 32.2. The molecular formula is C14H13F3N2O2S. The maximum Gasteiger partial charge on any atom is 0.416 e. The van der Waals surface area contributed by atoms with Crippen LogP contribution in [0.3, 0.4) is 0 Å². The molecule has 0 aliphatic rings. The van der Waals surface area contributed by atoms with Crippen LogP contribution in [-0.2, 0) is 16.2 Å². The van der Waals surface area contributed by atoms with Gasteiger partial charge in [-0.2, -0.15) is 13.2 Å². The third-order valence-corrected chi connectivity index (χ3v) is 4.37. The maximum atomic E-state index is 12.5. The lowest BCUT2D eigenvalue weighted by Crippen LogP contribution is -2.15. The van der Waals surface area contributed by atoms with Crippen molar-refractivity contribution in [3.05, 3.63) is 53.6 Å². The number of hydrogen-bond acceptors (Lipinski definition) is 3. The van der Waals surface area contributed by atoms with E-state index in [2.05, 4.69) is 4.72 Å². The summed E-state index contributed by atoms with van der Waals surface area (Å²) in [7, 11) is -3.97. The molecule has 0 saturated heterocycles. The Bertz CT molecular complexity index is 785. The van der Waals surface area contributed by atoms with E-state index in [4.69, 9.17) is 5.73 Å². The summed E-state index contributed by atoms with van der Waals surface area (Å²) in [5, 5.41) is 0. The zero-order chi connectivity index (χ0) is 16.5. The molecule has 2 aromatic rings. The SMILES string of the molecule is Cc1ccc(S(=O)(=O)Nc2ccc(C(F)(F)F)cc2)c(N)c1. The number of nitrogens with one attached hydrogen (secondary N) is 1. The Morgan fingerprint density at radius 2 is 1.64 bits per heavy atom. The molecule has 0 aliphatic heterocycles. The van der Waals surface area contributed by atoms with Gasteiger partial charge in [-0.25, -0.2) is 8.42 Å². The molecule has 118 valence electrons. The van der Waals surface area contributed by atoms with E-state index in [1.807, 2.05) is 0 Å². The number of benzene rings is 2. The summed E-state index contributed by atoms with van der Waals surface area (Å²) in [4.78, 5) is -0.127. The van der Waals surface area contributed by atoms with Gasteiger partial charge in [-0.1, -0.05) is 6.07 Å². The number of hydrogen-bond donors (Lipinski definition) is 2. The van der Waals surface area contributed by atoms with Crippen LogP contribution >= 0.6 is 0 Å². The zero-order valence-corrected chi connectivity index (χ0v) is 12.3. The van der Waals surface area contributed by atoms with Crippen LogP contribution in [0.1, 0.15) is 11.1 Å². The molecule has 8 heteroatoms. The van der Waals surface area contributed by atoms with Crippen LogP contribution in [0.15, 0.2) is 47.4 Å². The van der Waals surface area contributed by atoms with Crippen molar-refractivity contribution in [2.24, 2.45) is 0 Å². The number of halogens is 3. The molecule has 0 fully saturated rings. The van der Waals surface area contributed by atoms with E-state index in [-0.39, 0.29) is 16.3 Å². The Morgan fingerprint density at radius 3 is 2.14 bits per heavy atom. The summed E-state index contributed by atoms with van der Waals surface area (Å²) >= 11 is 0.